The molecule has 2 saturated heterocycles. The first-order chi connectivity index (χ1) is 7.35. The van der Waals surface area contributed by atoms with E-state index in [0.29, 0.717) is 24.3 Å². The average molecular weight is 337 g/mol. The van der Waals surface area contributed by atoms with Crippen molar-refractivity contribution in [1.82, 2.24) is 10.6 Å². The number of halogens is 1. The summed E-state index contributed by atoms with van der Waals surface area (Å²) in [6, 6.07) is 1.14. The van der Waals surface area contributed by atoms with Crippen LogP contribution in [-0.4, -0.2) is 37.3 Å². The van der Waals surface area contributed by atoms with Gasteiger partial charge in [0, 0.05) is 13.1 Å². The highest BCUT2D eigenvalue weighted by atomic mass is 127. The summed E-state index contributed by atoms with van der Waals surface area (Å²) >= 11 is 0. The molecule has 2 N–H and O–H groups in total. The molecule has 0 aromatic rings. The maximum absolute atomic E-state index is 5.81. The van der Waals surface area contributed by atoms with Crippen LogP contribution >= 0.6 is 24.0 Å². The minimum atomic E-state index is 0. The van der Waals surface area contributed by atoms with Crippen molar-refractivity contribution in [2.24, 2.45) is 4.99 Å². The number of nitrogens with one attached hydrogen (secondary N) is 2. The number of aliphatic imine (C=N–C) groups is 1. The first-order valence-corrected chi connectivity index (χ1v) is 6.00. The van der Waals surface area contributed by atoms with E-state index in [0.717, 1.165) is 12.4 Å². The van der Waals surface area contributed by atoms with E-state index in [1.165, 1.54) is 25.7 Å². The number of nitrogens with zero attached hydrogens (tertiary/aromatic N) is 1. The van der Waals surface area contributed by atoms with E-state index >= 15 is 0 Å². The van der Waals surface area contributed by atoms with Gasteiger partial charge in [0.05, 0.1) is 18.2 Å². The Morgan fingerprint density at radius 2 is 2.00 bits per heavy atom. The van der Waals surface area contributed by atoms with Crippen LogP contribution in [0.2, 0.25) is 0 Å². The fraction of sp³-hybridized carbons (Fsp3) is 0.909. The third-order valence-electron chi connectivity index (χ3n) is 3.57. The topological polar surface area (TPSA) is 45.7 Å². The average Bonchev–Trinajstić information content (AvgIpc) is 2.82. The summed E-state index contributed by atoms with van der Waals surface area (Å²) in [6.07, 6.45) is 7.11. The zero-order valence-electron chi connectivity index (χ0n) is 9.61. The van der Waals surface area contributed by atoms with Gasteiger partial charge in [-0.25, -0.2) is 0 Å². The molecule has 3 aliphatic rings. The summed E-state index contributed by atoms with van der Waals surface area (Å²) in [5.41, 5.74) is 0. The molecule has 0 aromatic heterocycles. The molecule has 16 heavy (non-hydrogen) atoms. The Hall–Kier alpha value is -0.0400. The Morgan fingerprint density at radius 3 is 2.50 bits per heavy atom. The van der Waals surface area contributed by atoms with E-state index in [9.17, 15) is 0 Å². The molecular formula is C11H20IN3O. The largest absolute Gasteiger partial charge is 0.373 e. The van der Waals surface area contributed by atoms with Crippen molar-refractivity contribution in [1.29, 1.82) is 0 Å². The summed E-state index contributed by atoms with van der Waals surface area (Å²) in [5, 5.41) is 6.89. The SMILES string of the molecule is CN=C(NC1CC1)NC1CC2CCC1O2.I. The fourth-order valence-corrected chi connectivity index (χ4v) is 2.56. The third kappa shape index (κ3) is 2.61. The van der Waals surface area contributed by atoms with Gasteiger partial charge in [0.2, 0.25) is 0 Å². The molecule has 1 saturated carbocycles. The lowest BCUT2D eigenvalue weighted by molar-refractivity contribution is 0.0992. The van der Waals surface area contributed by atoms with Crippen LogP contribution in [0.25, 0.3) is 0 Å². The molecule has 92 valence electrons. The van der Waals surface area contributed by atoms with E-state index in [1.807, 2.05) is 7.05 Å². The summed E-state index contributed by atoms with van der Waals surface area (Å²) in [7, 11) is 1.84. The van der Waals surface area contributed by atoms with Crippen molar-refractivity contribution in [3.8, 4) is 0 Å². The lowest BCUT2D eigenvalue weighted by atomic mass is 9.96. The Labute approximate surface area is 114 Å². The highest BCUT2D eigenvalue weighted by Crippen LogP contribution is 2.34. The number of hydrogen-bond donors (Lipinski definition) is 2. The number of rotatable bonds is 2. The molecule has 0 radical (unpaired) electrons. The van der Waals surface area contributed by atoms with Crippen LogP contribution in [0.1, 0.15) is 32.1 Å². The van der Waals surface area contributed by atoms with Crippen LogP contribution in [0.4, 0.5) is 0 Å². The molecule has 3 rings (SSSR count). The number of hydrogen-bond acceptors (Lipinski definition) is 2. The maximum atomic E-state index is 5.81. The van der Waals surface area contributed by atoms with Crippen molar-refractivity contribution in [3.05, 3.63) is 0 Å². The zero-order chi connectivity index (χ0) is 10.3. The van der Waals surface area contributed by atoms with Crippen molar-refractivity contribution in [3.63, 3.8) is 0 Å². The Kier molecular flexibility index (Phi) is 3.94. The molecule has 0 spiro atoms. The molecule has 3 unspecified atom stereocenters. The fourth-order valence-electron chi connectivity index (χ4n) is 2.56. The number of ether oxygens (including phenoxy) is 1. The van der Waals surface area contributed by atoms with Gasteiger partial charge < -0.3 is 15.4 Å². The van der Waals surface area contributed by atoms with E-state index < -0.39 is 0 Å². The second kappa shape index (κ2) is 5.08. The predicted octanol–water partition coefficient (Wildman–Crippen LogP) is 1.25. The molecule has 2 heterocycles. The maximum Gasteiger partial charge on any atom is 0.191 e. The molecule has 1 aliphatic carbocycles. The first-order valence-electron chi connectivity index (χ1n) is 6.00. The van der Waals surface area contributed by atoms with Crippen LogP contribution in [0.5, 0.6) is 0 Å². The van der Waals surface area contributed by atoms with Gasteiger partial charge in [-0.05, 0) is 32.1 Å². The molecular weight excluding hydrogens is 317 g/mol. The van der Waals surface area contributed by atoms with Crippen LogP contribution in [0.15, 0.2) is 4.99 Å². The Balaban J connectivity index is 0.000000963. The van der Waals surface area contributed by atoms with Gasteiger partial charge in [-0.1, -0.05) is 0 Å². The van der Waals surface area contributed by atoms with Crippen molar-refractivity contribution < 1.29 is 4.74 Å². The summed E-state index contributed by atoms with van der Waals surface area (Å²) < 4.78 is 5.81. The predicted molar refractivity (Wildman–Crippen MR) is 74.4 cm³/mol. The molecule has 4 nitrogen and oxygen atoms in total. The summed E-state index contributed by atoms with van der Waals surface area (Å²) in [4.78, 5) is 4.25. The van der Waals surface area contributed by atoms with Crippen LogP contribution in [0.3, 0.4) is 0 Å². The lowest BCUT2D eigenvalue weighted by Crippen LogP contribution is -2.47. The third-order valence-corrected chi connectivity index (χ3v) is 3.57. The van der Waals surface area contributed by atoms with Crippen LogP contribution < -0.4 is 10.6 Å². The minimum absolute atomic E-state index is 0. The summed E-state index contributed by atoms with van der Waals surface area (Å²) in [5.74, 6) is 0.957. The highest BCUT2D eigenvalue weighted by molar-refractivity contribution is 14.0. The van der Waals surface area contributed by atoms with Crippen LogP contribution in [0, 0.1) is 0 Å². The van der Waals surface area contributed by atoms with Gasteiger partial charge in [-0.2, -0.15) is 0 Å². The van der Waals surface area contributed by atoms with Crippen molar-refractivity contribution in [2.75, 3.05) is 7.05 Å². The first kappa shape index (κ1) is 12.4. The Bertz CT molecular complexity index is 280. The van der Waals surface area contributed by atoms with Gasteiger partial charge in [-0.3, -0.25) is 4.99 Å². The summed E-state index contributed by atoms with van der Waals surface area (Å²) in [6.45, 7) is 0. The highest BCUT2D eigenvalue weighted by Gasteiger charge is 2.41. The number of fused-ring (bicyclic) bond motifs is 2. The molecule has 3 atom stereocenters. The molecule has 2 bridgehead atoms. The molecule has 5 heteroatoms. The standard InChI is InChI=1S/C11H19N3O.HI/c1-12-11(13-7-2-3-7)14-9-6-8-4-5-10(9)15-8;/h7-10H,2-6H2,1H3,(H2,12,13,14);1H. The Morgan fingerprint density at radius 1 is 1.19 bits per heavy atom. The monoisotopic (exact) mass is 337 g/mol. The van der Waals surface area contributed by atoms with Gasteiger partial charge in [-0.15, -0.1) is 24.0 Å². The molecule has 3 fully saturated rings. The van der Waals surface area contributed by atoms with Gasteiger partial charge in [0.25, 0.3) is 0 Å². The molecule has 0 amide bonds. The van der Waals surface area contributed by atoms with E-state index in [-0.39, 0.29) is 24.0 Å². The van der Waals surface area contributed by atoms with Crippen molar-refractivity contribution in [2.45, 2.75) is 56.4 Å². The van der Waals surface area contributed by atoms with Gasteiger partial charge in [0.1, 0.15) is 0 Å². The normalized spacial score (nSPS) is 37.1. The second-order valence-electron chi connectivity index (χ2n) is 4.85. The molecule has 2 aliphatic heterocycles. The zero-order valence-corrected chi connectivity index (χ0v) is 11.9. The van der Waals surface area contributed by atoms with Crippen molar-refractivity contribution >= 4 is 29.9 Å². The van der Waals surface area contributed by atoms with E-state index in [4.69, 9.17) is 4.74 Å². The van der Waals surface area contributed by atoms with Gasteiger partial charge >= 0.3 is 0 Å². The lowest BCUT2D eigenvalue weighted by Gasteiger charge is -2.22. The van der Waals surface area contributed by atoms with E-state index in [1.54, 1.807) is 0 Å². The molecule has 0 aromatic carbocycles. The van der Waals surface area contributed by atoms with Gasteiger partial charge in [0.15, 0.2) is 5.96 Å². The minimum Gasteiger partial charge on any atom is -0.373 e. The second-order valence-corrected chi connectivity index (χ2v) is 4.85. The smallest absolute Gasteiger partial charge is 0.191 e. The van der Waals surface area contributed by atoms with Crippen LogP contribution in [-0.2, 0) is 4.74 Å². The number of guanidine groups is 1. The van der Waals surface area contributed by atoms with E-state index in [2.05, 4.69) is 15.6 Å². The quantitative estimate of drug-likeness (QED) is 0.453.